The predicted molar refractivity (Wildman–Crippen MR) is 75.0 cm³/mol. The maximum Gasteiger partial charge on any atom is 0.308 e. The standard InChI is InChI=1S/C12H14BrNO4S/c1-6-8(13)9(18-2)10(19-6)11(15)14-4-3-7(5-14)12(16)17/h7H,3-5H2,1-2H3,(H,16,17). The van der Waals surface area contributed by atoms with E-state index in [1.807, 2.05) is 6.92 Å². The van der Waals surface area contributed by atoms with E-state index < -0.39 is 11.9 Å². The van der Waals surface area contributed by atoms with E-state index in [0.717, 1.165) is 9.35 Å². The Labute approximate surface area is 123 Å². The zero-order valence-corrected chi connectivity index (χ0v) is 13.0. The summed E-state index contributed by atoms with van der Waals surface area (Å²) in [6.45, 7) is 2.65. The van der Waals surface area contributed by atoms with Crippen molar-refractivity contribution in [1.29, 1.82) is 0 Å². The largest absolute Gasteiger partial charge is 0.494 e. The number of hydrogen-bond acceptors (Lipinski definition) is 4. The van der Waals surface area contributed by atoms with Crippen LogP contribution in [0.4, 0.5) is 0 Å². The highest BCUT2D eigenvalue weighted by Gasteiger charge is 2.33. The van der Waals surface area contributed by atoms with Crippen molar-refractivity contribution in [3.8, 4) is 5.75 Å². The van der Waals surface area contributed by atoms with Gasteiger partial charge in [0, 0.05) is 18.0 Å². The van der Waals surface area contributed by atoms with E-state index >= 15 is 0 Å². The molecule has 19 heavy (non-hydrogen) atoms. The van der Waals surface area contributed by atoms with Gasteiger partial charge in [0.05, 0.1) is 17.5 Å². The molecule has 1 unspecified atom stereocenters. The number of methoxy groups -OCH3 is 1. The molecule has 7 heteroatoms. The molecular weight excluding hydrogens is 334 g/mol. The molecule has 1 N–H and O–H groups in total. The molecule has 1 aliphatic heterocycles. The number of ether oxygens (including phenoxy) is 1. The fourth-order valence-electron chi connectivity index (χ4n) is 2.12. The summed E-state index contributed by atoms with van der Waals surface area (Å²) in [7, 11) is 1.52. The molecule has 2 rings (SSSR count). The van der Waals surface area contributed by atoms with Gasteiger partial charge in [-0.05, 0) is 29.3 Å². The van der Waals surface area contributed by atoms with Gasteiger partial charge in [-0.3, -0.25) is 9.59 Å². The molecule has 0 aliphatic carbocycles. The van der Waals surface area contributed by atoms with Crippen LogP contribution in [0.5, 0.6) is 5.75 Å². The molecule has 1 aromatic rings. The van der Waals surface area contributed by atoms with E-state index in [0.29, 0.717) is 23.6 Å². The topological polar surface area (TPSA) is 66.8 Å². The smallest absolute Gasteiger partial charge is 0.308 e. The van der Waals surface area contributed by atoms with Crippen LogP contribution in [-0.2, 0) is 4.79 Å². The van der Waals surface area contributed by atoms with Gasteiger partial charge < -0.3 is 14.7 Å². The summed E-state index contributed by atoms with van der Waals surface area (Å²) in [5.74, 6) is -0.920. The molecule has 104 valence electrons. The van der Waals surface area contributed by atoms with Crippen molar-refractivity contribution in [3.05, 3.63) is 14.2 Å². The van der Waals surface area contributed by atoms with Crippen LogP contribution in [0.3, 0.4) is 0 Å². The van der Waals surface area contributed by atoms with Gasteiger partial charge in [-0.2, -0.15) is 0 Å². The number of thiophene rings is 1. The van der Waals surface area contributed by atoms with Crippen molar-refractivity contribution in [2.24, 2.45) is 5.92 Å². The van der Waals surface area contributed by atoms with Crippen molar-refractivity contribution in [3.63, 3.8) is 0 Å². The number of carbonyl (C=O) groups is 2. The lowest BCUT2D eigenvalue weighted by atomic mass is 10.1. The Morgan fingerprint density at radius 1 is 1.53 bits per heavy atom. The number of carboxylic acids is 1. The summed E-state index contributed by atoms with van der Waals surface area (Å²) in [4.78, 5) is 26.4. The Hall–Kier alpha value is -1.08. The molecule has 0 saturated carbocycles. The van der Waals surface area contributed by atoms with Crippen LogP contribution in [0.1, 0.15) is 21.0 Å². The highest BCUT2D eigenvalue weighted by Crippen LogP contribution is 2.40. The summed E-state index contributed by atoms with van der Waals surface area (Å²) in [5.41, 5.74) is 0. The molecule has 1 fully saturated rings. The SMILES string of the molecule is COc1c(C(=O)N2CCC(C(=O)O)C2)sc(C)c1Br. The summed E-state index contributed by atoms with van der Waals surface area (Å²) < 4.78 is 6.04. The quantitative estimate of drug-likeness (QED) is 0.911. The van der Waals surface area contributed by atoms with Crippen LogP contribution < -0.4 is 4.74 Å². The van der Waals surface area contributed by atoms with E-state index in [9.17, 15) is 9.59 Å². The molecule has 1 aromatic heterocycles. The maximum absolute atomic E-state index is 12.4. The number of hydrogen-bond donors (Lipinski definition) is 1. The monoisotopic (exact) mass is 347 g/mol. The average Bonchev–Trinajstić information content (AvgIpc) is 2.95. The number of carboxylic acid groups (broad SMARTS) is 1. The van der Waals surface area contributed by atoms with E-state index in [1.165, 1.54) is 18.4 Å². The first kappa shape index (κ1) is 14.3. The molecule has 5 nitrogen and oxygen atoms in total. The Kier molecular flexibility index (Phi) is 4.15. The number of aryl methyl sites for hydroxylation is 1. The van der Waals surface area contributed by atoms with Gasteiger partial charge in [0.15, 0.2) is 5.75 Å². The first-order valence-electron chi connectivity index (χ1n) is 5.80. The fraction of sp³-hybridized carbons (Fsp3) is 0.500. The molecule has 2 heterocycles. The van der Waals surface area contributed by atoms with E-state index in [-0.39, 0.29) is 12.5 Å². The van der Waals surface area contributed by atoms with Crippen LogP contribution in [0.2, 0.25) is 0 Å². The van der Waals surface area contributed by atoms with Crippen LogP contribution in [-0.4, -0.2) is 42.1 Å². The molecule has 1 amide bonds. The molecule has 0 spiro atoms. The number of likely N-dealkylation sites (tertiary alicyclic amines) is 1. The summed E-state index contributed by atoms with van der Waals surface area (Å²) in [6.07, 6.45) is 0.509. The molecule has 1 atom stereocenters. The number of aliphatic carboxylic acids is 1. The summed E-state index contributed by atoms with van der Waals surface area (Å²) >= 11 is 4.75. The number of amides is 1. The zero-order chi connectivity index (χ0) is 14.2. The third-order valence-corrected chi connectivity index (χ3v) is 5.48. The lowest BCUT2D eigenvalue weighted by Gasteiger charge is -2.15. The van der Waals surface area contributed by atoms with Gasteiger partial charge >= 0.3 is 5.97 Å². The van der Waals surface area contributed by atoms with Crippen LogP contribution in [0.25, 0.3) is 0 Å². The van der Waals surface area contributed by atoms with Crippen LogP contribution >= 0.6 is 27.3 Å². The molecular formula is C12H14BrNO4S. The van der Waals surface area contributed by atoms with Crippen molar-refractivity contribution < 1.29 is 19.4 Å². The minimum atomic E-state index is -0.842. The van der Waals surface area contributed by atoms with E-state index in [1.54, 1.807) is 4.90 Å². The second-order valence-corrected chi connectivity index (χ2v) is 6.43. The molecule has 1 saturated heterocycles. The Bertz CT molecular complexity index is 528. The fourth-order valence-corrected chi connectivity index (χ4v) is 3.83. The van der Waals surface area contributed by atoms with Crippen molar-refractivity contribution in [2.45, 2.75) is 13.3 Å². The number of nitrogens with zero attached hydrogens (tertiary/aromatic N) is 1. The Balaban J connectivity index is 2.21. The van der Waals surface area contributed by atoms with Gasteiger partial charge in [-0.1, -0.05) is 0 Å². The number of carbonyl (C=O) groups excluding carboxylic acids is 1. The van der Waals surface area contributed by atoms with E-state index in [4.69, 9.17) is 9.84 Å². The average molecular weight is 348 g/mol. The molecule has 0 bridgehead atoms. The lowest BCUT2D eigenvalue weighted by molar-refractivity contribution is -0.141. The minimum Gasteiger partial charge on any atom is -0.494 e. The van der Waals surface area contributed by atoms with Gasteiger partial charge in [0.2, 0.25) is 0 Å². The zero-order valence-electron chi connectivity index (χ0n) is 10.6. The Morgan fingerprint density at radius 2 is 2.21 bits per heavy atom. The first-order valence-corrected chi connectivity index (χ1v) is 7.41. The number of rotatable bonds is 3. The molecule has 1 aliphatic rings. The number of halogens is 1. The third kappa shape index (κ3) is 2.62. The summed E-state index contributed by atoms with van der Waals surface area (Å²) in [6, 6.07) is 0. The highest BCUT2D eigenvalue weighted by atomic mass is 79.9. The minimum absolute atomic E-state index is 0.153. The van der Waals surface area contributed by atoms with Crippen molar-refractivity contribution >= 4 is 39.1 Å². The molecule has 0 aromatic carbocycles. The highest BCUT2D eigenvalue weighted by molar-refractivity contribution is 9.10. The normalized spacial score (nSPS) is 18.7. The van der Waals surface area contributed by atoms with Crippen molar-refractivity contribution in [1.82, 2.24) is 4.90 Å². The van der Waals surface area contributed by atoms with E-state index in [2.05, 4.69) is 15.9 Å². The Morgan fingerprint density at radius 3 is 2.74 bits per heavy atom. The lowest BCUT2D eigenvalue weighted by Crippen LogP contribution is -2.29. The predicted octanol–water partition coefficient (Wildman–Crippen LogP) is 2.37. The third-order valence-electron chi connectivity index (χ3n) is 3.19. The van der Waals surface area contributed by atoms with Gasteiger partial charge in [-0.15, -0.1) is 11.3 Å². The van der Waals surface area contributed by atoms with Crippen molar-refractivity contribution in [2.75, 3.05) is 20.2 Å². The molecule has 0 radical (unpaired) electrons. The van der Waals surface area contributed by atoms with Gasteiger partial charge in [0.25, 0.3) is 5.91 Å². The van der Waals surface area contributed by atoms with Crippen LogP contribution in [0, 0.1) is 12.8 Å². The second kappa shape index (κ2) is 5.50. The second-order valence-electron chi connectivity index (χ2n) is 4.41. The summed E-state index contributed by atoms with van der Waals surface area (Å²) in [5, 5.41) is 8.96. The van der Waals surface area contributed by atoms with Crippen LogP contribution in [0.15, 0.2) is 4.47 Å². The van der Waals surface area contributed by atoms with Gasteiger partial charge in [-0.25, -0.2) is 0 Å². The first-order chi connectivity index (χ1) is 8.95. The maximum atomic E-state index is 12.4. The van der Waals surface area contributed by atoms with Gasteiger partial charge in [0.1, 0.15) is 4.88 Å².